The molecule has 0 saturated heterocycles. The van der Waals surface area contributed by atoms with Gasteiger partial charge in [0.1, 0.15) is 6.29 Å². The molecule has 3 aliphatic heterocycles. The number of aliphatic hydroxyl groups is 1. The molecule has 0 fully saturated rings. The van der Waals surface area contributed by atoms with Gasteiger partial charge >= 0.3 is 0 Å². The van der Waals surface area contributed by atoms with Crippen LogP contribution in [0.2, 0.25) is 0 Å². The van der Waals surface area contributed by atoms with E-state index in [1.54, 1.807) is 13.0 Å². The van der Waals surface area contributed by atoms with E-state index in [1.807, 2.05) is 73.7 Å². The summed E-state index contributed by atoms with van der Waals surface area (Å²) in [6, 6.07) is 21.3. The molecule has 3 aromatic carbocycles. The number of fused-ring (bicyclic) bond motifs is 3. The molecule has 76 heavy (non-hydrogen) atoms. The molecule has 0 aromatic heterocycles. The van der Waals surface area contributed by atoms with Crippen molar-refractivity contribution in [1.29, 1.82) is 0 Å². The third kappa shape index (κ3) is 23.7. The molecule has 0 spiro atoms. The van der Waals surface area contributed by atoms with E-state index >= 15 is 0 Å². The van der Waals surface area contributed by atoms with Gasteiger partial charge in [-0.2, -0.15) is 0 Å². The standard InChI is InChI=1S/C22H34N2O3.C22H32N2O3.C19H27NO2/c2*1-2-23-22(27)20(25)19-16-10-8-6-4-3-5-7-9-13-17-14-11-12-15-18(17)21(26)24-19;21-15-17-13-8-6-4-2-1-3-5-7-11-16-12-9-10-14-18(16)19(22)20-17/h11-12,14-15,19-20,25H,2-10,13,16H2,1H3,(H,23,27)(H,24,26);11-12,14-15,19H,2-10,13,16H2,1H3,(H,23,27)(H,24,26);9-10,12,14-15,17H,1-8,11,13H2,(H,20,22)/t19-,20?;19-;17-/m000/s1. The van der Waals surface area contributed by atoms with Crippen molar-refractivity contribution in [2.75, 3.05) is 13.1 Å². The van der Waals surface area contributed by atoms with Gasteiger partial charge < -0.3 is 36.5 Å². The van der Waals surface area contributed by atoms with Gasteiger partial charge in [-0.1, -0.05) is 189 Å². The van der Waals surface area contributed by atoms with Crippen LogP contribution < -0.4 is 26.6 Å². The number of aliphatic hydroxyl groups excluding tert-OH is 1. The summed E-state index contributed by atoms with van der Waals surface area (Å²) >= 11 is 0. The lowest BCUT2D eigenvalue weighted by Gasteiger charge is -2.24. The second-order valence-electron chi connectivity index (χ2n) is 21.0. The van der Waals surface area contributed by atoms with E-state index in [0.29, 0.717) is 37.1 Å². The zero-order valence-corrected chi connectivity index (χ0v) is 46.2. The maximum Gasteiger partial charge on any atom is 0.289 e. The minimum Gasteiger partial charge on any atom is -0.381 e. The van der Waals surface area contributed by atoms with E-state index in [2.05, 4.69) is 26.6 Å². The van der Waals surface area contributed by atoms with Crippen molar-refractivity contribution >= 4 is 41.6 Å². The fourth-order valence-electron chi connectivity index (χ4n) is 10.4. The van der Waals surface area contributed by atoms with Crippen LogP contribution in [0.15, 0.2) is 72.8 Å². The highest BCUT2D eigenvalue weighted by molar-refractivity contribution is 6.38. The van der Waals surface area contributed by atoms with Crippen molar-refractivity contribution in [3.05, 3.63) is 106 Å². The van der Waals surface area contributed by atoms with Crippen LogP contribution in [-0.4, -0.2) is 84.0 Å². The van der Waals surface area contributed by atoms with E-state index in [-0.39, 0.29) is 23.8 Å². The maximum absolute atomic E-state index is 12.9. The predicted molar refractivity (Wildman–Crippen MR) is 303 cm³/mol. The molecule has 3 aliphatic rings. The zero-order chi connectivity index (χ0) is 54.6. The summed E-state index contributed by atoms with van der Waals surface area (Å²) in [6.07, 6.45) is 31.8. The van der Waals surface area contributed by atoms with E-state index < -0.39 is 35.8 Å². The second kappa shape index (κ2) is 38.0. The van der Waals surface area contributed by atoms with Crippen LogP contribution in [0.1, 0.15) is 235 Å². The molecular weight excluding hydrogens is 955 g/mol. The summed E-state index contributed by atoms with van der Waals surface area (Å²) in [7, 11) is 0. The summed E-state index contributed by atoms with van der Waals surface area (Å²) in [5.41, 5.74) is 5.13. The van der Waals surface area contributed by atoms with Crippen LogP contribution in [0.25, 0.3) is 0 Å². The Labute approximate surface area is 455 Å². The Morgan fingerprint density at radius 3 is 1.26 bits per heavy atom. The number of hydrogen-bond acceptors (Lipinski definition) is 8. The highest BCUT2D eigenvalue weighted by atomic mass is 16.3. The number of likely N-dealkylation sites (N-methyl/N-ethyl adjacent to an activating group) is 2. The quantitative estimate of drug-likeness (QED) is 0.0991. The SMILES string of the molecule is CCNC(=O)C(=O)[C@@H]1CCCCCCCCCCc2ccccc2C(=O)N1.CCNC(=O)C(O)[C@@H]1CCCCCCCCCCc2ccccc2C(=O)N1.O=C[C@@H]1CCCCCCCCCCc2ccccc2C(=O)N1. The average Bonchev–Trinajstić information content (AvgIpc) is 3.44. The first-order valence-corrected chi connectivity index (χ1v) is 29.5. The molecule has 6 N–H and O–H groups in total. The fraction of sp³-hybridized carbons (Fsp3) is 0.603. The molecule has 3 aromatic rings. The fourth-order valence-corrected chi connectivity index (χ4v) is 10.4. The Morgan fingerprint density at radius 2 is 0.842 bits per heavy atom. The number of rotatable bonds is 7. The Balaban J connectivity index is 0.000000248. The van der Waals surface area contributed by atoms with E-state index in [0.717, 1.165) is 125 Å². The van der Waals surface area contributed by atoms with Crippen molar-refractivity contribution in [1.82, 2.24) is 26.6 Å². The van der Waals surface area contributed by atoms with Crippen molar-refractivity contribution in [2.24, 2.45) is 0 Å². The van der Waals surface area contributed by atoms with Gasteiger partial charge in [-0.25, -0.2) is 0 Å². The summed E-state index contributed by atoms with van der Waals surface area (Å²) in [5.74, 6) is -2.16. The van der Waals surface area contributed by atoms with Crippen LogP contribution >= 0.6 is 0 Å². The number of aldehydes is 1. The number of aryl methyl sites for hydroxylation is 3. The molecular formula is C63H93N5O8. The summed E-state index contributed by atoms with van der Waals surface area (Å²) < 4.78 is 0. The van der Waals surface area contributed by atoms with Crippen LogP contribution in [0.4, 0.5) is 0 Å². The van der Waals surface area contributed by atoms with Gasteiger partial charge in [0.05, 0.1) is 18.1 Å². The largest absolute Gasteiger partial charge is 0.381 e. The number of carbonyl (C=O) groups excluding carboxylic acids is 7. The summed E-state index contributed by atoms with van der Waals surface area (Å²) in [5, 5.41) is 24.3. The van der Waals surface area contributed by atoms with E-state index in [4.69, 9.17) is 0 Å². The normalized spacial score (nSPS) is 20.8. The van der Waals surface area contributed by atoms with E-state index in [1.165, 1.54) is 83.5 Å². The van der Waals surface area contributed by atoms with Gasteiger partial charge in [0.25, 0.3) is 29.5 Å². The molecule has 4 atom stereocenters. The molecule has 0 bridgehead atoms. The smallest absolute Gasteiger partial charge is 0.289 e. The zero-order valence-electron chi connectivity index (χ0n) is 46.2. The van der Waals surface area contributed by atoms with Gasteiger partial charge in [0.2, 0.25) is 5.78 Å². The number of Topliss-reactive ketones (excluding diaryl/α,β-unsaturated/α-hetero) is 1. The lowest BCUT2D eigenvalue weighted by molar-refractivity contribution is -0.139. The van der Waals surface area contributed by atoms with Gasteiger partial charge in [-0.05, 0) is 107 Å². The number of hydrogen-bond donors (Lipinski definition) is 6. The lowest BCUT2D eigenvalue weighted by atomic mass is 9.99. The Kier molecular flexibility index (Phi) is 31.4. The number of benzene rings is 3. The van der Waals surface area contributed by atoms with Crippen LogP contribution in [0, 0.1) is 0 Å². The van der Waals surface area contributed by atoms with Crippen molar-refractivity contribution in [3.8, 4) is 0 Å². The minimum absolute atomic E-state index is 0.109. The highest BCUT2D eigenvalue weighted by Gasteiger charge is 2.29. The monoisotopic (exact) mass is 1050 g/mol. The Bertz CT molecular complexity index is 2210. The maximum atomic E-state index is 12.9. The first-order valence-electron chi connectivity index (χ1n) is 29.5. The number of carbonyl (C=O) groups is 7. The van der Waals surface area contributed by atoms with E-state index in [9.17, 15) is 38.7 Å². The average molecular weight is 1050 g/mol. The third-order valence-corrected chi connectivity index (χ3v) is 14.9. The van der Waals surface area contributed by atoms with Crippen molar-refractivity contribution in [3.63, 3.8) is 0 Å². The molecule has 0 radical (unpaired) electrons. The predicted octanol–water partition coefficient (Wildman–Crippen LogP) is 11.0. The highest BCUT2D eigenvalue weighted by Crippen LogP contribution is 2.21. The molecule has 6 rings (SSSR count). The molecule has 1 unspecified atom stereocenters. The molecule has 0 aliphatic carbocycles. The topological polar surface area (TPSA) is 200 Å². The Morgan fingerprint density at radius 1 is 0.487 bits per heavy atom. The number of amides is 5. The molecule has 13 nitrogen and oxygen atoms in total. The van der Waals surface area contributed by atoms with Gasteiger partial charge in [0.15, 0.2) is 6.10 Å². The molecule has 5 amide bonds. The third-order valence-electron chi connectivity index (χ3n) is 14.9. The number of nitrogens with one attached hydrogen (secondary N) is 5. The van der Waals surface area contributed by atoms with Crippen LogP contribution in [-0.2, 0) is 38.4 Å². The lowest BCUT2D eigenvalue weighted by Crippen LogP contribution is -2.50. The second-order valence-corrected chi connectivity index (χ2v) is 21.0. The molecule has 3 heterocycles. The van der Waals surface area contributed by atoms with Gasteiger partial charge in [0, 0.05) is 29.8 Å². The molecule has 418 valence electrons. The number of ketones is 1. The van der Waals surface area contributed by atoms with Crippen LogP contribution in [0.5, 0.6) is 0 Å². The molecule has 0 saturated carbocycles. The summed E-state index contributed by atoms with van der Waals surface area (Å²) in [4.78, 5) is 86.0. The van der Waals surface area contributed by atoms with Crippen molar-refractivity contribution in [2.45, 2.75) is 231 Å². The van der Waals surface area contributed by atoms with Crippen molar-refractivity contribution < 1.29 is 38.7 Å². The van der Waals surface area contributed by atoms with Gasteiger partial charge in [-0.15, -0.1) is 0 Å². The molecule has 13 heteroatoms. The van der Waals surface area contributed by atoms with Gasteiger partial charge in [-0.3, -0.25) is 28.8 Å². The minimum atomic E-state index is -1.23. The first kappa shape index (κ1) is 62.8. The Hall–Kier alpha value is -5.69. The first-order chi connectivity index (χ1) is 37.1. The summed E-state index contributed by atoms with van der Waals surface area (Å²) in [6.45, 7) is 4.44. The van der Waals surface area contributed by atoms with Crippen LogP contribution in [0.3, 0.4) is 0 Å².